The molecule has 0 unspecified atom stereocenters. The van der Waals surface area contributed by atoms with Crippen molar-refractivity contribution in [1.29, 1.82) is 0 Å². The molecule has 3 aliphatic carbocycles. The number of carbonyl (C=O) groups is 2. The van der Waals surface area contributed by atoms with Gasteiger partial charge in [0.15, 0.2) is 11.4 Å². The maximum atomic E-state index is 12.6. The van der Waals surface area contributed by atoms with Gasteiger partial charge in [0.25, 0.3) is 0 Å². The summed E-state index contributed by atoms with van der Waals surface area (Å²) in [6, 6.07) is 0. The summed E-state index contributed by atoms with van der Waals surface area (Å²) in [5.74, 6) is -0.442. The van der Waals surface area contributed by atoms with E-state index >= 15 is 0 Å². The number of ketones is 1. The van der Waals surface area contributed by atoms with Gasteiger partial charge in [-0.2, -0.15) is 0 Å². The Morgan fingerprint density at radius 1 is 1.56 bits per heavy atom. The van der Waals surface area contributed by atoms with Crippen molar-refractivity contribution in [2.75, 3.05) is 6.61 Å². The first-order valence-corrected chi connectivity index (χ1v) is 7.41. The van der Waals surface area contributed by atoms with E-state index in [4.69, 9.17) is 9.47 Å². The minimum absolute atomic E-state index is 0.00130. The lowest BCUT2D eigenvalue weighted by atomic mass is 9.63. The van der Waals surface area contributed by atoms with Crippen molar-refractivity contribution in [2.24, 2.45) is 11.8 Å². The van der Waals surface area contributed by atoms with Gasteiger partial charge in [0, 0.05) is 25.4 Å². The first-order valence-electron chi connectivity index (χ1n) is 6.33. The highest BCUT2D eigenvalue weighted by atomic mass is 127. The topological polar surface area (TPSA) is 52.6 Å². The Morgan fingerprint density at radius 2 is 2.33 bits per heavy atom. The normalized spacial score (nSPS) is 42.3. The molecule has 0 N–H and O–H groups in total. The molecular formula is C13H15IO4. The number of ether oxygens (including phenoxy) is 2. The van der Waals surface area contributed by atoms with Gasteiger partial charge in [0.05, 0.1) is 12.0 Å². The summed E-state index contributed by atoms with van der Waals surface area (Å²) in [5.41, 5.74) is -0.874. The van der Waals surface area contributed by atoms with E-state index in [1.807, 2.05) is 13.0 Å². The van der Waals surface area contributed by atoms with E-state index in [-0.39, 0.29) is 29.7 Å². The van der Waals surface area contributed by atoms with Crippen molar-refractivity contribution in [1.82, 2.24) is 0 Å². The quantitative estimate of drug-likeness (QED) is 0.557. The molecule has 18 heavy (non-hydrogen) atoms. The van der Waals surface area contributed by atoms with E-state index in [0.717, 1.165) is 10.0 Å². The van der Waals surface area contributed by atoms with Crippen LogP contribution in [0, 0.1) is 11.8 Å². The fourth-order valence-electron chi connectivity index (χ4n) is 3.40. The number of fused-ring (bicyclic) bond motifs is 1. The van der Waals surface area contributed by atoms with Crippen LogP contribution in [0.5, 0.6) is 0 Å². The van der Waals surface area contributed by atoms with E-state index in [1.165, 1.54) is 0 Å². The SMILES string of the molecule is CCO[C@@H]1C[C@@H]2C(I)=C[C@H]1C(=O)[C@@]21CCC(=O)O1. The van der Waals surface area contributed by atoms with E-state index in [2.05, 4.69) is 22.6 Å². The third-order valence-corrected chi connectivity index (χ3v) is 5.31. The van der Waals surface area contributed by atoms with Gasteiger partial charge in [-0.15, -0.1) is 0 Å². The Kier molecular flexibility index (Phi) is 3.01. The number of hydrogen-bond donors (Lipinski definition) is 0. The van der Waals surface area contributed by atoms with E-state index in [1.54, 1.807) is 0 Å². The fourth-order valence-corrected chi connectivity index (χ4v) is 4.54. The number of Topliss-reactive ketones (excluding diaryl/α,β-unsaturated/α-hetero) is 1. The molecule has 1 saturated carbocycles. The summed E-state index contributed by atoms with van der Waals surface area (Å²) >= 11 is 2.27. The molecule has 0 radical (unpaired) electrons. The Hall–Kier alpha value is -0.430. The monoisotopic (exact) mass is 362 g/mol. The number of esters is 1. The molecule has 0 aromatic rings. The van der Waals surface area contributed by atoms with Crippen LogP contribution in [0.25, 0.3) is 0 Å². The smallest absolute Gasteiger partial charge is 0.306 e. The van der Waals surface area contributed by atoms with E-state index in [9.17, 15) is 9.59 Å². The first kappa shape index (κ1) is 12.6. The molecule has 2 bridgehead atoms. The lowest BCUT2D eigenvalue weighted by Crippen LogP contribution is -2.59. The second-order valence-electron chi connectivity index (χ2n) is 5.09. The van der Waals surface area contributed by atoms with Crippen molar-refractivity contribution in [3.63, 3.8) is 0 Å². The Bertz CT molecular complexity index is 444. The van der Waals surface area contributed by atoms with Crippen LogP contribution >= 0.6 is 22.6 Å². The van der Waals surface area contributed by atoms with Crippen LogP contribution < -0.4 is 0 Å². The zero-order valence-electron chi connectivity index (χ0n) is 10.1. The predicted molar refractivity (Wildman–Crippen MR) is 72.2 cm³/mol. The average Bonchev–Trinajstić information content (AvgIpc) is 2.71. The lowest BCUT2D eigenvalue weighted by molar-refractivity contribution is -0.174. The van der Waals surface area contributed by atoms with Crippen LogP contribution in [0.2, 0.25) is 0 Å². The number of carbonyl (C=O) groups excluding carboxylic acids is 2. The van der Waals surface area contributed by atoms with Crippen LogP contribution in [0.15, 0.2) is 9.66 Å². The number of rotatable bonds is 2. The minimum Gasteiger partial charge on any atom is -0.450 e. The van der Waals surface area contributed by atoms with Gasteiger partial charge in [-0.25, -0.2) is 0 Å². The zero-order valence-corrected chi connectivity index (χ0v) is 12.3. The van der Waals surface area contributed by atoms with Gasteiger partial charge in [0.1, 0.15) is 0 Å². The van der Waals surface area contributed by atoms with Crippen molar-refractivity contribution in [3.05, 3.63) is 9.66 Å². The Labute approximate surface area is 119 Å². The van der Waals surface area contributed by atoms with Gasteiger partial charge < -0.3 is 9.47 Å². The van der Waals surface area contributed by atoms with Crippen molar-refractivity contribution in [3.8, 4) is 0 Å². The molecule has 0 aromatic heterocycles. The van der Waals surface area contributed by atoms with Crippen molar-refractivity contribution < 1.29 is 19.1 Å². The molecule has 5 heteroatoms. The first-order chi connectivity index (χ1) is 8.58. The fraction of sp³-hybridized carbons (Fsp3) is 0.692. The summed E-state index contributed by atoms with van der Waals surface area (Å²) in [5, 5.41) is 0. The standard InChI is InChI=1S/C13H15IO4/c1-2-17-10-6-8-9(14)5-7(10)12(16)13(8)4-3-11(15)18-13/h5,7-8,10H,2-4,6H2,1H3/t7-,8-,10-,13-/m1/s1. The summed E-state index contributed by atoms with van der Waals surface area (Å²) in [6.07, 6.45) is 3.63. The molecule has 4 nitrogen and oxygen atoms in total. The highest BCUT2D eigenvalue weighted by molar-refractivity contribution is 14.1. The molecule has 1 heterocycles. The number of halogens is 1. The maximum absolute atomic E-state index is 12.6. The molecule has 1 saturated heterocycles. The molecule has 0 amide bonds. The van der Waals surface area contributed by atoms with Crippen molar-refractivity contribution >= 4 is 34.3 Å². The molecule has 1 aliphatic heterocycles. The van der Waals surface area contributed by atoms with Crippen molar-refractivity contribution in [2.45, 2.75) is 37.9 Å². The Balaban J connectivity index is 1.97. The summed E-state index contributed by atoms with van der Waals surface area (Å²) in [4.78, 5) is 24.0. The molecule has 4 rings (SSSR count). The highest BCUT2D eigenvalue weighted by Crippen LogP contribution is 2.53. The van der Waals surface area contributed by atoms with Gasteiger partial charge in [0.2, 0.25) is 0 Å². The second kappa shape index (κ2) is 4.30. The molecule has 2 fully saturated rings. The van der Waals surface area contributed by atoms with Crippen LogP contribution in [-0.4, -0.2) is 30.1 Å². The third-order valence-electron chi connectivity index (χ3n) is 4.20. The molecule has 0 aromatic carbocycles. The minimum atomic E-state index is -0.874. The van der Waals surface area contributed by atoms with E-state index < -0.39 is 5.60 Å². The number of hydrogen-bond acceptors (Lipinski definition) is 4. The molecular weight excluding hydrogens is 347 g/mol. The summed E-state index contributed by atoms with van der Waals surface area (Å²) in [6.45, 7) is 2.55. The van der Waals surface area contributed by atoms with Gasteiger partial charge >= 0.3 is 5.97 Å². The Morgan fingerprint density at radius 3 is 2.94 bits per heavy atom. The second-order valence-corrected chi connectivity index (χ2v) is 6.33. The van der Waals surface area contributed by atoms with E-state index in [0.29, 0.717) is 19.4 Å². The molecule has 1 spiro atoms. The van der Waals surface area contributed by atoms with Gasteiger partial charge in [-0.3, -0.25) is 9.59 Å². The maximum Gasteiger partial charge on any atom is 0.306 e. The summed E-state index contributed by atoms with van der Waals surface area (Å²) < 4.78 is 12.2. The van der Waals surface area contributed by atoms with Crippen LogP contribution in [0.4, 0.5) is 0 Å². The molecule has 4 atom stereocenters. The highest BCUT2D eigenvalue weighted by Gasteiger charge is 2.62. The van der Waals surface area contributed by atoms with Crippen LogP contribution in [-0.2, 0) is 19.1 Å². The largest absolute Gasteiger partial charge is 0.450 e. The van der Waals surface area contributed by atoms with Gasteiger partial charge in [-0.1, -0.05) is 6.08 Å². The lowest BCUT2D eigenvalue weighted by Gasteiger charge is -2.48. The third kappa shape index (κ3) is 1.59. The molecule has 98 valence electrons. The van der Waals surface area contributed by atoms with Crippen LogP contribution in [0.3, 0.4) is 0 Å². The van der Waals surface area contributed by atoms with Gasteiger partial charge in [-0.05, 0) is 39.5 Å². The predicted octanol–water partition coefficient (Wildman–Crippen LogP) is 2.00. The average molecular weight is 362 g/mol. The molecule has 4 aliphatic rings. The van der Waals surface area contributed by atoms with Crippen LogP contribution in [0.1, 0.15) is 26.2 Å². The zero-order chi connectivity index (χ0) is 12.9. The summed E-state index contributed by atoms with van der Waals surface area (Å²) in [7, 11) is 0.